The van der Waals surface area contributed by atoms with Gasteiger partial charge in [-0.1, -0.05) is 23.2 Å². The monoisotopic (exact) mass is 445 g/mol. The number of aromatic nitrogens is 1. The van der Waals surface area contributed by atoms with Crippen LogP contribution in [-0.4, -0.2) is 30.9 Å². The maximum atomic E-state index is 12.4. The number of halogens is 2. The summed E-state index contributed by atoms with van der Waals surface area (Å²) in [5, 5.41) is 5.22. The number of carbonyl (C=O) groups is 1. The fourth-order valence-corrected chi connectivity index (χ4v) is 3.65. The van der Waals surface area contributed by atoms with E-state index in [9.17, 15) is 4.79 Å². The fourth-order valence-electron chi connectivity index (χ4n) is 3.15. The Kier molecular flexibility index (Phi) is 6.70. The van der Waals surface area contributed by atoms with Crippen molar-refractivity contribution < 1.29 is 14.3 Å². The van der Waals surface area contributed by atoms with Crippen molar-refractivity contribution in [2.75, 3.05) is 14.2 Å². The van der Waals surface area contributed by atoms with Crippen molar-refractivity contribution in [2.24, 2.45) is 5.10 Å². The molecule has 3 aromatic rings. The van der Waals surface area contributed by atoms with E-state index in [1.807, 2.05) is 30.5 Å². The first kappa shape index (κ1) is 21.7. The van der Waals surface area contributed by atoms with Gasteiger partial charge in [0.25, 0.3) is 5.91 Å². The zero-order chi connectivity index (χ0) is 21.8. The maximum absolute atomic E-state index is 12.4. The van der Waals surface area contributed by atoms with Gasteiger partial charge < -0.3 is 14.0 Å². The number of methoxy groups -OCH3 is 2. The Labute approximate surface area is 185 Å². The van der Waals surface area contributed by atoms with Gasteiger partial charge in [0.15, 0.2) is 11.5 Å². The van der Waals surface area contributed by atoms with Crippen molar-refractivity contribution >= 4 is 35.3 Å². The van der Waals surface area contributed by atoms with E-state index < -0.39 is 0 Å². The second-order valence-electron chi connectivity index (χ2n) is 6.53. The van der Waals surface area contributed by atoms with Gasteiger partial charge >= 0.3 is 0 Å². The van der Waals surface area contributed by atoms with Gasteiger partial charge in [-0.15, -0.1) is 0 Å². The van der Waals surface area contributed by atoms with Crippen LogP contribution in [0.4, 0.5) is 0 Å². The molecule has 0 atom stereocenters. The maximum Gasteiger partial charge on any atom is 0.271 e. The summed E-state index contributed by atoms with van der Waals surface area (Å²) < 4.78 is 12.4. The molecule has 0 unspecified atom stereocenters. The van der Waals surface area contributed by atoms with E-state index in [2.05, 4.69) is 10.5 Å². The van der Waals surface area contributed by atoms with Crippen LogP contribution in [0.2, 0.25) is 10.0 Å². The first-order valence-electron chi connectivity index (χ1n) is 9.05. The van der Waals surface area contributed by atoms with Crippen molar-refractivity contribution in [1.82, 2.24) is 9.99 Å². The number of carbonyl (C=O) groups excluding carboxylic acids is 1. The third-order valence-electron chi connectivity index (χ3n) is 4.64. The van der Waals surface area contributed by atoms with Crippen LogP contribution in [0, 0.1) is 13.8 Å². The number of nitrogens with one attached hydrogen (secondary N) is 1. The van der Waals surface area contributed by atoms with Crippen molar-refractivity contribution in [1.29, 1.82) is 0 Å². The molecule has 0 aliphatic heterocycles. The van der Waals surface area contributed by atoms with Gasteiger partial charge in [0.1, 0.15) is 0 Å². The van der Waals surface area contributed by atoms with E-state index in [1.165, 1.54) is 14.2 Å². The molecule has 30 heavy (non-hydrogen) atoms. The Balaban J connectivity index is 1.80. The molecule has 0 bridgehead atoms. The van der Waals surface area contributed by atoms with Gasteiger partial charge in [-0.2, -0.15) is 5.10 Å². The molecule has 0 radical (unpaired) electrons. The van der Waals surface area contributed by atoms with E-state index in [4.69, 9.17) is 32.7 Å². The summed E-state index contributed by atoms with van der Waals surface area (Å²) in [5.74, 6) is 0.658. The number of ether oxygens (including phenoxy) is 2. The smallest absolute Gasteiger partial charge is 0.271 e. The lowest BCUT2D eigenvalue weighted by molar-refractivity contribution is 0.0954. The van der Waals surface area contributed by atoms with Crippen LogP contribution in [0.3, 0.4) is 0 Å². The average molecular weight is 446 g/mol. The Bertz CT molecular complexity index is 1120. The zero-order valence-electron chi connectivity index (χ0n) is 17.0. The summed E-state index contributed by atoms with van der Waals surface area (Å²) in [4.78, 5) is 12.4. The number of rotatable bonds is 6. The predicted octanol–water partition coefficient (Wildman–Crippen LogP) is 5.18. The lowest BCUT2D eigenvalue weighted by atomic mass is 10.2. The van der Waals surface area contributed by atoms with Crippen LogP contribution in [0.1, 0.15) is 27.3 Å². The van der Waals surface area contributed by atoms with Gasteiger partial charge in [0.2, 0.25) is 0 Å². The van der Waals surface area contributed by atoms with E-state index in [0.29, 0.717) is 27.1 Å². The zero-order valence-corrected chi connectivity index (χ0v) is 18.5. The van der Waals surface area contributed by atoms with Gasteiger partial charge in [-0.3, -0.25) is 4.79 Å². The number of amides is 1. The van der Waals surface area contributed by atoms with Crippen LogP contribution in [0.5, 0.6) is 11.5 Å². The molecule has 0 spiro atoms. The highest BCUT2D eigenvalue weighted by molar-refractivity contribution is 6.35. The fraction of sp³-hybridized carbons (Fsp3) is 0.182. The minimum atomic E-state index is -0.359. The molecular formula is C22H21Cl2N3O3. The molecule has 156 valence electrons. The highest BCUT2D eigenvalue weighted by atomic mass is 35.5. The molecule has 1 N–H and O–H groups in total. The lowest BCUT2D eigenvalue weighted by Crippen LogP contribution is -2.17. The third-order valence-corrected chi connectivity index (χ3v) is 5.17. The van der Waals surface area contributed by atoms with Crippen LogP contribution < -0.4 is 14.9 Å². The van der Waals surface area contributed by atoms with Crippen molar-refractivity contribution in [3.63, 3.8) is 0 Å². The summed E-state index contributed by atoms with van der Waals surface area (Å²) in [6, 6.07) is 12.2. The molecule has 0 saturated carbocycles. The van der Waals surface area contributed by atoms with Crippen molar-refractivity contribution in [2.45, 2.75) is 13.8 Å². The summed E-state index contributed by atoms with van der Waals surface area (Å²) >= 11 is 12.4. The van der Waals surface area contributed by atoms with Gasteiger partial charge in [0.05, 0.1) is 31.1 Å². The van der Waals surface area contributed by atoms with E-state index >= 15 is 0 Å². The Morgan fingerprint density at radius 2 is 1.77 bits per heavy atom. The topological polar surface area (TPSA) is 64.8 Å². The SMILES string of the molecule is COc1ccc(C(=O)NN=Cc2cc(C)n(-c3ccc(Cl)cc3Cl)c2C)cc1OC. The molecule has 0 fully saturated rings. The first-order valence-corrected chi connectivity index (χ1v) is 9.81. The number of hydrogen-bond donors (Lipinski definition) is 1. The molecule has 1 heterocycles. The molecule has 3 rings (SSSR count). The molecule has 0 aliphatic carbocycles. The highest BCUT2D eigenvalue weighted by Gasteiger charge is 2.13. The summed E-state index contributed by atoms with van der Waals surface area (Å²) in [7, 11) is 3.05. The third kappa shape index (κ3) is 4.45. The van der Waals surface area contributed by atoms with Crippen LogP contribution in [-0.2, 0) is 0 Å². The standard InChI is InChI=1S/C22H21Cl2N3O3/c1-13-9-16(14(2)27(13)19-7-6-17(23)11-18(19)24)12-25-26-22(28)15-5-8-20(29-3)21(10-15)30-4/h5-12H,1-4H3,(H,26,28). The first-order chi connectivity index (χ1) is 14.3. The molecule has 8 heteroatoms. The van der Waals surface area contributed by atoms with Gasteiger partial charge in [-0.05, 0) is 56.3 Å². The molecule has 0 aliphatic rings. The van der Waals surface area contributed by atoms with Crippen molar-refractivity contribution in [3.8, 4) is 17.2 Å². The minimum absolute atomic E-state index is 0.359. The van der Waals surface area contributed by atoms with E-state index in [-0.39, 0.29) is 5.91 Å². The molecule has 2 aromatic carbocycles. The summed E-state index contributed by atoms with van der Waals surface area (Å²) in [6.45, 7) is 3.92. The predicted molar refractivity (Wildman–Crippen MR) is 120 cm³/mol. The number of aryl methyl sites for hydroxylation is 1. The van der Waals surface area contributed by atoms with E-state index in [0.717, 1.165) is 22.6 Å². The second-order valence-corrected chi connectivity index (χ2v) is 7.37. The Hall–Kier alpha value is -2.96. The molecule has 1 aromatic heterocycles. The molecule has 0 saturated heterocycles. The quantitative estimate of drug-likeness (QED) is 0.419. The molecular weight excluding hydrogens is 425 g/mol. The van der Waals surface area contributed by atoms with Gasteiger partial charge in [0, 0.05) is 27.5 Å². The number of hydrogen-bond acceptors (Lipinski definition) is 4. The van der Waals surface area contributed by atoms with E-state index in [1.54, 1.807) is 36.5 Å². The Morgan fingerprint density at radius 1 is 1.03 bits per heavy atom. The summed E-state index contributed by atoms with van der Waals surface area (Å²) in [5.41, 5.74) is 6.52. The molecule has 6 nitrogen and oxygen atoms in total. The number of benzene rings is 2. The van der Waals surface area contributed by atoms with Gasteiger partial charge in [-0.25, -0.2) is 5.43 Å². The summed E-state index contributed by atoms with van der Waals surface area (Å²) in [6.07, 6.45) is 1.60. The second kappa shape index (κ2) is 9.24. The van der Waals surface area contributed by atoms with Crippen LogP contribution in [0.25, 0.3) is 5.69 Å². The highest BCUT2D eigenvalue weighted by Crippen LogP contribution is 2.29. The molecule has 1 amide bonds. The Morgan fingerprint density at radius 3 is 2.43 bits per heavy atom. The van der Waals surface area contributed by atoms with Crippen molar-refractivity contribution in [3.05, 3.63) is 75.0 Å². The largest absolute Gasteiger partial charge is 0.493 e. The minimum Gasteiger partial charge on any atom is -0.493 e. The normalized spacial score (nSPS) is 11.0. The van der Waals surface area contributed by atoms with Crippen LogP contribution in [0.15, 0.2) is 47.6 Å². The lowest BCUT2D eigenvalue weighted by Gasteiger charge is -2.11. The average Bonchev–Trinajstić information content (AvgIpc) is 3.00. The number of nitrogens with zero attached hydrogens (tertiary/aromatic N) is 2. The van der Waals surface area contributed by atoms with Crippen LogP contribution >= 0.6 is 23.2 Å². The number of hydrazone groups is 1.